The van der Waals surface area contributed by atoms with E-state index >= 15 is 0 Å². The van der Waals surface area contributed by atoms with E-state index in [-0.39, 0.29) is 28.3 Å². The van der Waals surface area contributed by atoms with Crippen LogP contribution < -0.4 is 4.74 Å². The summed E-state index contributed by atoms with van der Waals surface area (Å²) >= 11 is 0. The summed E-state index contributed by atoms with van der Waals surface area (Å²) in [5.74, 6) is 0.886. The molecule has 6 nitrogen and oxygen atoms in total. The van der Waals surface area contributed by atoms with E-state index < -0.39 is 6.16 Å². The molecule has 0 atom stereocenters. The second-order valence-electron chi connectivity index (χ2n) is 9.54. The SMILES string of the molecule is CC1(C)C(C(=O)c2cn(CC3CCOCC3)c3cc(OC(=O)O)ccc23)C1(C)C. The summed E-state index contributed by atoms with van der Waals surface area (Å²) < 4.78 is 12.4. The third-order valence-electron chi connectivity index (χ3n) is 7.40. The van der Waals surface area contributed by atoms with Crippen LogP contribution in [0.4, 0.5) is 4.79 Å². The van der Waals surface area contributed by atoms with Crippen molar-refractivity contribution >= 4 is 22.8 Å². The first kappa shape index (κ1) is 20.0. The molecule has 0 bridgehead atoms. The van der Waals surface area contributed by atoms with E-state index in [0.29, 0.717) is 5.92 Å². The van der Waals surface area contributed by atoms with E-state index in [1.165, 1.54) is 0 Å². The highest BCUT2D eigenvalue weighted by Crippen LogP contribution is 2.69. The summed E-state index contributed by atoms with van der Waals surface area (Å²) in [7, 11) is 0. The minimum atomic E-state index is -1.34. The Morgan fingerprint density at radius 3 is 2.41 bits per heavy atom. The lowest BCUT2D eigenvalue weighted by Gasteiger charge is -2.22. The highest BCUT2D eigenvalue weighted by molar-refractivity contribution is 6.11. The van der Waals surface area contributed by atoms with Crippen LogP contribution in [0, 0.1) is 22.7 Å². The maximum atomic E-state index is 13.5. The zero-order valence-corrected chi connectivity index (χ0v) is 17.5. The number of ketones is 1. The van der Waals surface area contributed by atoms with Gasteiger partial charge in [0.25, 0.3) is 0 Å². The van der Waals surface area contributed by atoms with Gasteiger partial charge in [0.1, 0.15) is 5.75 Å². The van der Waals surface area contributed by atoms with Gasteiger partial charge in [-0.15, -0.1) is 0 Å². The number of Topliss-reactive ketones (excluding diaryl/α,β-unsaturated/α-hetero) is 1. The molecule has 1 aromatic heterocycles. The quantitative estimate of drug-likeness (QED) is 0.435. The zero-order valence-electron chi connectivity index (χ0n) is 17.5. The molecule has 0 radical (unpaired) electrons. The van der Waals surface area contributed by atoms with Gasteiger partial charge in [-0.05, 0) is 41.7 Å². The van der Waals surface area contributed by atoms with Crippen molar-refractivity contribution in [1.29, 1.82) is 0 Å². The van der Waals surface area contributed by atoms with E-state index in [1.807, 2.05) is 12.3 Å². The molecule has 1 saturated carbocycles. The molecule has 1 aromatic carbocycles. The number of hydrogen-bond donors (Lipinski definition) is 1. The fourth-order valence-corrected chi connectivity index (χ4v) is 5.00. The summed E-state index contributed by atoms with van der Waals surface area (Å²) in [5, 5.41) is 9.82. The number of ether oxygens (including phenoxy) is 2. The average molecular weight is 399 g/mol. The second-order valence-corrected chi connectivity index (χ2v) is 9.54. The van der Waals surface area contributed by atoms with Gasteiger partial charge in [0.15, 0.2) is 5.78 Å². The monoisotopic (exact) mass is 399 g/mol. The second kappa shape index (κ2) is 6.87. The molecule has 2 aliphatic rings. The van der Waals surface area contributed by atoms with Gasteiger partial charge in [-0.25, -0.2) is 4.79 Å². The maximum absolute atomic E-state index is 13.5. The van der Waals surface area contributed by atoms with Gasteiger partial charge in [-0.3, -0.25) is 4.79 Å². The topological polar surface area (TPSA) is 77.8 Å². The number of hydrogen-bond acceptors (Lipinski definition) is 4. The predicted octanol–water partition coefficient (Wildman–Crippen LogP) is 4.99. The van der Waals surface area contributed by atoms with E-state index in [0.717, 1.165) is 49.1 Å². The Hall–Kier alpha value is -2.34. The molecular weight excluding hydrogens is 370 g/mol. The fourth-order valence-electron chi connectivity index (χ4n) is 5.00. The first-order valence-electron chi connectivity index (χ1n) is 10.3. The Labute approximate surface area is 170 Å². The summed E-state index contributed by atoms with van der Waals surface area (Å²) in [6.07, 6.45) is 2.58. The lowest BCUT2D eigenvalue weighted by molar-refractivity contribution is 0.0616. The predicted molar refractivity (Wildman–Crippen MR) is 110 cm³/mol. The van der Waals surface area contributed by atoms with Crippen molar-refractivity contribution in [2.45, 2.75) is 47.1 Å². The Balaban J connectivity index is 1.74. The van der Waals surface area contributed by atoms with Crippen molar-refractivity contribution in [3.8, 4) is 5.75 Å². The van der Waals surface area contributed by atoms with Gasteiger partial charge >= 0.3 is 6.16 Å². The molecule has 2 fully saturated rings. The molecule has 1 N–H and O–H groups in total. The molecule has 2 heterocycles. The van der Waals surface area contributed by atoms with Gasteiger partial charge in [0.05, 0.1) is 5.52 Å². The van der Waals surface area contributed by atoms with Crippen molar-refractivity contribution in [2.24, 2.45) is 22.7 Å². The van der Waals surface area contributed by atoms with Crippen molar-refractivity contribution in [2.75, 3.05) is 13.2 Å². The van der Waals surface area contributed by atoms with Crippen LogP contribution in [0.25, 0.3) is 10.9 Å². The molecule has 0 amide bonds. The van der Waals surface area contributed by atoms with Gasteiger partial charge in [0.2, 0.25) is 0 Å². The number of carboxylic acid groups (broad SMARTS) is 1. The summed E-state index contributed by atoms with van der Waals surface area (Å²) in [6.45, 7) is 10.9. The Kier molecular flexibility index (Phi) is 4.73. The molecule has 4 rings (SSSR count). The average Bonchev–Trinajstić information content (AvgIpc) is 2.91. The highest BCUT2D eigenvalue weighted by atomic mass is 16.7. The molecule has 29 heavy (non-hydrogen) atoms. The van der Waals surface area contributed by atoms with Crippen molar-refractivity contribution in [3.05, 3.63) is 30.0 Å². The summed E-state index contributed by atoms with van der Waals surface area (Å²) in [6, 6.07) is 5.15. The highest BCUT2D eigenvalue weighted by Gasteiger charge is 2.68. The number of benzene rings is 1. The molecule has 1 aliphatic carbocycles. The Morgan fingerprint density at radius 1 is 1.17 bits per heavy atom. The third-order valence-corrected chi connectivity index (χ3v) is 7.40. The van der Waals surface area contributed by atoms with Crippen LogP contribution in [0.2, 0.25) is 0 Å². The normalized spacial score (nSPS) is 21.2. The van der Waals surface area contributed by atoms with E-state index in [9.17, 15) is 9.59 Å². The molecule has 6 heteroatoms. The molecule has 0 spiro atoms. The largest absolute Gasteiger partial charge is 0.511 e. The first-order valence-corrected chi connectivity index (χ1v) is 10.3. The van der Waals surface area contributed by atoms with Crippen LogP contribution in [-0.2, 0) is 11.3 Å². The van der Waals surface area contributed by atoms with Crippen LogP contribution in [0.15, 0.2) is 24.4 Å². The van der Waals surface area contributed by atoms with E-state index in [2.05, 4.69) is 32.3 Å². The lowest BCUT2D eigenvalue weighted by Crippen LogP contribution is -2.20. The number of aromatic nitrogens is 1. The van der Waals surface area contributed by atoms with Crippen LogP contribution in [0.1, 0.15) is 50.9 Å². The fraction of sp³-hybridized carbons (Fsp3) is 0.565. The molecule has 1 saturated heterocycles. The lowest BCUT2D eigenvalue weighted by atomic mass is 10.0. The summed E-state index contributed by atoms with van der Waals surface area (Å²) in [5.41, 5.74) is 1.49. The van der Waals surface area contributed by atoms with Crippen LogP contribution >= 0.6 is 0 Å². The van der Waals surface area contributed by atoms with Crippen LogP contribution in [0.3, 0.4) is 0 Å². The number of carbonyl (C=O) groups is 2. The molecular formula is C23H29NO5. The Bertz CT molecular complexity index is 951. The Morgan fingerprint density at radius 2 is 1.83 bits per heavy atom. The number of fused-ring (bicyclic) bond motifs is 1. The van der Waals surface area contributed by atoms with Crippen molar-refractivity contribution in [1.82, 2.24) is 4.57 Å². The number of carbonyl (C=O) groups excluding carboxylic acids is 1. The summed E-state index contributed by atoms with van der Waals surface area (Å²) in [4.78, 5) is 24.4. The van der Waals surface area contributed by atoms with Gasteiger partial charge in [-0.1, -0.05) is 27.7 Å². The smallest absolute Gasteiger partial charge is 0.449 e. The number of nitrogens with zero attached hydrogens (tertiary/aromatic N) is 1. The van der Waals surface area contributed by atoms with Crippen LogP contribution in [-0.4, -0.2) is 34.8 Å². The third kappa shape index (κ3) is 3.33. The minimum Gasteiger partial charge on any atom is -0.449 e. The van der Waals surface area contributed by atoms with Crippen LogP contribution in [0.5, 0.6) is 5.75 Å². The first-order chi connectivity index (χ1) is 13.6. The molecule has 1 aliphatic heterocycles. The van der Waals surface area contributed by atoms with E-state index in [4.69, 9.17) is 14.6 Å². The van der Waals surface area contributed by atoms with Gasteiger partial charge in [0, 0.05) is 48.9 Å². The molecule has 0 unspecified atom stereocenters. The van der Waals surface area contributed by atoms with Gasteiger partial charge in [-0.2, -0.15) is 0 Å². The van der Waals surface area contributed by atoms with E-state index in [1.54, 1.807) is 12.1 Å². The zero-order chi connectivity index (χ0) is 21.0. The maximum Gasteiger partial charge on any atom is 0.511 e. The van der Waals surface area contributed by atoms with Crippen molar-refractivity contribution in [3.63, 3.8) is 0 Å². The van der Waals surface area contributed by atoms with Gasteiger partial charge < -0.3 is 19.1 Å². The number of rotatable bonds is 5. The van der Waals surface area contributed by atoms with Crippen molar-refractivity contribution < 1.29 is 24.2 Å². The minimum absolute atomic E-state index is 0.0212. The molecule has 156 valence electrons. The standard InChI is InChI=1S/C23H29NO5/c1-22(2)20(23(22,3)4)19(25)17-13-24(12-14-7-9-28-10-8-14)18-11-15(29-21(26)27)5-6-16(17)18/h5-6,11,13-14,20H,7-10,12H2,1-4H3,(H,26,27). The molecule has 2 aromatic rings.